The SMILES string of the molecule is Cc1ccc(Cl)cc1C(=O)NCC1(C(=O)O)CCCCC1. The Kier molecular flexibility index (Phi) is 4.88. The number of carboxylic acid groups (broad SMARTS) is 1. The normalized spacial score (nSPS) is 17.2. The molecule has 1 saturated carbocycles. The first kappa shape index (κ1) is 15.8. The molecule has 0 aromatic heterocycles. The molecule has 1 aliphatic carbocycles. The lowest BCUT2D eigenvalue weighted by Crippen LogP contribution is -2.44. The largest absolute Gasteiger partial charge is 0.481 e. The van der Waals surface area contributed by atoms with Crippen LogP contribution < -0.4 is 5.32 Å². The number of carboxylic acids is 1. The molecule has 0 radical (unpaired) electrons. The fraction of sp³-hybridized carbons (Fsp3) is 0.500. The van der Waals surface area contributed by atoms with E-state index in [0.29, 0.717) is 23.4 Å². The molecule has 114 valence electrons. The van der Waals surface area contributed by atoms with Gasteiger partial charge in [0.05, 0.1) is 5.41 Å². The summed E-state index contributed by atoms with van der Waals surface area (Å²) in [5, 5.41) is 12.8. The van der Waals surface area contributed by atoms with Crippen LogP contribution in [0.2, 0.25) is 5.02 Å². The molecule has 1 aromatic carbocycles. The lowest BCUT2D eigenvalue weighted by Gasteiger charge is -2.33. The highest BCUT2D eigenvalue weighted by Gasteiger charge is 2.39. The van der Waals surface area contributed by atoms with Crippen LogP contribution in [0.3, 0.4) is 0 Å². The molecule has 1 aromatic rings. The monoisotopic (exact) mass is 309 g/mol. The molecular weight excluding hydrogens is 290 g/mol. The third-order valence-electron chi connectivity index (χ3n) is 4.30. The van der Waals surface area contributed by atoms with Crippen molar-refractivity contribution in [2.75, 3.05) is 6.54 Å². The van der Waals surface area contributed by atoms with Gasteiger partial charge in [-0.15, -0.1) is 0 Å². The molecular formula is C16H20ClNO3. The smallest absolute Gasteiger partial charge is 0.311 e. The molecule has 0 aliphatic heterocycles. The van der Waals surface area contributed by atoms with Gasteiger partial charge in [0, 0.05) is 17.1 Å². The number of benzene rings is 1. The Hall–Kier alpha value is -1.55. The number of amides is 1. The van der Waals surface area contributed by atoms with E-state index in [1.807, 2.05) is 6.92 Å². The van der Waals surface area contributed by atoms with Gasteiger partial charge in [0.25, 0.3) is 5.91 Å². The highest BCUT2D eigenvalue weighted by atomic mass is 35.5. The maximum Gasteiger partial charge on any atom is 0.311 e. The van der Waals surface area contributed by atoms with Crippen molar-refractivity contribution >= 4 is 23.5 Å². The van der Waals surface area contributed by atoms with Gasteiger partial charge in [-0.1, -0.05) is 36.9 Å². The van der Waals surface area contributed by atoms with Crippen LogP contribution in [0.15, 0.2) is 18.2 Å². The van der Waals surface area contributed by atoms with Gasteiger partial charge in [0.1, 0.15) is 0 Å². The van der Waals surface area contributed by atoms with Gasteiger partial charge < -0.3 is 10.4 Å². The number of aliphatic carboxylic acids is 1. The Morgan fingerprint density at radius 1 is 1.29 bits per heavy atom. The fourth-order valence-electron chi connectivity index (χ4n) is 2.88. The van der Waals surface area contributed by atoms with Crippen LogP contribution in [0.1, 0.15) is 48.0 Å². The molecule has 1 aliphatic rings. The predicted octanol–water partition coefficient (Wildman–Crippen LogP) is 3.41. The minimum Gasteiger partial charge on any atom is -0.481 e. The molecule has 5 heteroatoms. The molecule has 0 atom stereocenters. The lowest BCUT2D eigenvalue weighted by atomic mass is 9.74. The summed E-state index contributed by atoms with van der Waals surface area (Å²) in [5.74, 6) is -1.08. The Bertz CT molecular complexity index is 550. The van der Waals surface area contributed by atoms with E-state index in [1.54, 1.807) is 18.2 Å². The van der Waals surface area contributed by atoms with Gasteiger partial charge >= 0.3 is 5.97 Å². The summed E-state index contributed by atoms with van der Waals surface area (Å²) >= 11 is 5.91. The van der Waals surface area contributed by atoms with Crippen molar-refractivity contribution in [3.05, 3.63) is 34.3 Å². The second-order valence-electron chi connectivity index (χ2n) is 5.79. The zero-order valence-corrected chi connectivity index (χ0v) is 12.9. The van der Waals surface area contributed by atoms with Gasteiger partial charge in [0.2, 0.25) is 0 Å². The molecule has 0 bridgehead atoms. The average Bonchev–Trinajstić information content (AvgIpc) is 2.48. The first-order valence-corrected chi connectivity index (χ1v) is 7.60. The average molecular weight is 310 g/mol. The van der Waals surface area contributed by atoms with Crippen molar-refractivity contribution < 1.29 is 14.7 Å². The van der Waals surface area contributed by atoms with Gasteiger partial charge in [0.15, 0.2) is 0 Å². The van der Waals surface area contributed by atoms with Gasteiger partial charge in [-0.25, -0.2) is 0 Å². The van der Waals surface area contributed by atoms with Gasteiger partial charge in [-0.05, 0) is 37.5 Å². The van der Waals surface area contributed by atoms with Crippen LogP contribution in [0.4, 0.5) is 0 Å². The molecule has 21 heavy (non-hydrogen) atoms. The van der Waals surface area contributed by atoms with E-state index < -0.39 is 11.4 Å². The first-order valence-electron chi connectivity index (χ1n) is 7.22. The Morgan fingerprint density at radius 3 is 2.57 bits per heavy atom. The van der Waals surface area contributed by atoms with Crippen LogP contribution in [0, 0.1) is 12.3 Å². The molecule has 1 amide bonds. The van der Waals surface area contributed by atoms with E-state index in [1.165, 1.54) is 0 Å². The Balaban J connectivity index is 2.08. The summed E-state index contributed by atoms with van der Waals surface area (Å²) in [7, 11) is 0. The van der Waals surface area contributed by atoms with Crippen LogP contribution in [-0.2, 0) is 4.79 Å². The van der Waals surface area contributed by atoms with Crippen LogP contribution in [0.25, 0.3) is 0 Å². The zero-order valence-electron chi connectivity index (χ0n) is 12.1. The zero-order chi connectivity index (χ0) is 15.5. The number of aryl methyl sites for hydroxylation is 1. The molecule has 0 unspecified atom stereocenters. The number of hydrogen-bond donors (Lipinski definition) is 2. The second-order valence-corrected chi connectivity index (χ2v) is 6.22. The Labute approximate surface area is 129 Å². The summed E-state index contributed by atoms with van der Waals surface area (Å²) in [6.07, 6.45) is 4.11. The highest BCUT2D eigenvalue weighted by Crippen LogP contribution is 2.36. The molecule has 4 nitrogen and oxygen atoms in total. The number of carbonyl (C=O) groups excluding carboxylic acids is 1. The topological polar surface area (TPSA) is 66.4 Å². The van der Waals surface area contributed by atoms with Crippen molar-refractivity contribution in [2.45, 2.75) is 39.0 Å². The lowest BCUT2D eigenvalue weighted by molar-refractivity contribution is -0.150. The van der Waals surface area contributed by atoms with Crippen molar-refractivity contribution in [1.29, 1.82) is 0 Å². The van der Waals surface area contributed by atoms with Crippen LogP contribution >= 0.6 is 11.6 Å². The van der Waals surface area contributed by atoms with Crippen molar-refractivity contribution in [3.8, 4) is 0 Å². The maximum absolute atomic E-state index is 12.3. The van der Waals surface area contributed by atoms with Crippen molar-refractivity contribution in [2.24, 2.45) is 5.41 Å². The van der Waals surface area contributed by atoms with Crippen molar-refractivity contribution in [1.82, 2.24) is 5.32 Å². The molecule has 0 heterocycles. The summed E-state index contributed by atoms with van der Waals surface area (Å²) in [6, 6.07) is 5.12. The molecule has 0 saturated heterocycles. The first-order chi connectivity index (χ1) is 9.94. The quantitative estimate of drug-likeness (QED) is 0.895. The fourth-order valence-corrected chi connectivity index (χ4v) is 3.05. The number of rotatable bonds is 4. The Morgan fingerprint density at radius 2 is 1.95 bits per heavy atom. The molecule has 2 rings (SSSR count). The standard InChI is InChI=1S/C16H20ClNO3/c1-11-5-6-12(17)9-13(11)14(19)18-10-16(15(20)21)7-3-2-4-8-16/h5-6,9H,2-4,7-8,10H2,1H3,(H,18,19)(H,20,21). The molecule has 1 fully saturated rings. The summed E-state index contributed by atoms with van der Waals surface area (Å²) in [4.78, 5) is 23.8. The number of carbonyl (C=O) groups is 2. The summed E-state index contributed by atoms with van der Waals surface area (Å²) in [5.41, 5.74) is 0.504. The number of halogens is 1. The minimum absolute atomic E-state index is 0.174. The van der Waals surface area contributed by atoms with E-state index in [-0.39, 0.29) is 12.5 Å². The van der Waals surface area contributed by atoms with E-state index in [4.69, 9.17) is 11.6 Å². The van der Waals surface area contributed by atoms with Gasteiger partial charge in [-0.3, -0.25) is 9.59 Å². The van der Waals surface area contributed by atoms with Gasteiger partial charge in [-0.2, -0.15) is 0 Å². The minimum atomic E-state index is -0.819. The van der Waals surface area contributed by atoms with Crippen molar-refractivity contribution in [3.63, 3.8) is 0 Å². The van der Waals surface area contributed by atoms with Crippen LogP contribution in [-0.4, -0.2) is 23.5 Å². The second kappa shape index (κ2) is 6.48. The highest BCUT2D eigenvalue weighted by molar-refractivity contribution is 6.31. The number of nitrogens with one attached hydrogen (secondary N) is 1. The number of hydrogen-bond acceptors (Lipinski definition) is 2. The summed E-state index contributed by atoms with van der Waals surface area (Å²) < 4.78 is 0. The molecule has 2 N–H and O–H groups in total. The van der Waals surface area contributed by atoms with Crippen LogP contribution in [0.5, 0.6) is 0 Å². The summed E-state index contributed by atoms with van der Waals surface area (Å²) in [6.45, 7) is 2.01. The molecule has 0 spiro atoms. The van der Waals surface area contributed by atoms with E-state index >= 15 is 0 Å². The predicted molar refractivity (Wildman–Crippen MR) is 81.7 cm³/mol. The maximum atomic E-state index is 12.3. The van der Waals surface area contributed by atoms with E-state index in [0.717, 1.165) is 24.8 Å². The van der Waals surface area contributed by atoms with E-state index in [2.05, 4.69) is 5.32 Å². The third kappa shape index (κ3) is 3.56. The van der Waals surface area contributed by atoms with E-state index in [9.17, 15) is 14.7 Å². The third-order valence-corrected chi connectivity index (χ3v) is 4.53.